The summed E-state index contributed by atoms with van der Waals surface area (Å²) in [4.78, 5) is 2.42. The number of thiophene rings is 1. The summed E-state index contributed by atoms with van der Waals surface area (Å²) in [5, 5.41) is 10.9. The normalized spacial score (nSPS) is 14.1. The van der Waals surface area contributed by atoms with Gasteiger partial charge in [-0.2, -0.15) is 0 Å². The Morgan fingerprint density at radius 1 is 0.791 bits per heavy atom. The van der Waals surface area contributed by atoms with Crippen molar-refractivity contribution >= 4 is 33.5 Å². The van der Waals surface area contributed by atoms with Crippen molar-refractivity contribution in [2.45, 2.75) is 143 Å². The number of aliphatic hydroxyl groups is 1. The fourth-order valence-electron chi connectivity index (χ4n) is 3.90. The maximum Gasteiger partial charge on any atom is 0.192 e. The third-order valence-electron chi connectivity index (χ3n) is 9.64. The van der Waals surface area contributed by atoms with E-state index in [0.717, 1.165) is 17.7 Å². The molecule has 242 valence electrons. The number of ether oxygens (including phenoxy) is 1. The summed E-state index contributed by atoms with van der Waals surface area (Å²) in [6.45, 7) is 30.8. The highest BCUT2D eigenvalue weighted by molar-refractivity contribution is 7.13. The zero-order chi connectivity index (χ0) is 32.7. The van der Waals surface area contributed by atoms with Crippen LogP contribution in [-0.4, -0.2) is 27.3 Å². The molecular weight excluding hydrogens is 585 g/mol. The van der Waals surface area contributed by atoms with E-state index in [4.69, 9.17) is 13.6 Å². The van der Waals surface area contributed by atoms with Crippen molar-refractivity contribution in [2.75, 3.05) is 0 Å². The summed E-state index contributed by atoms with van der Waals surface area (Å²) >= 11 is 1.77. The van der Waals surface area contributed by atoms with E-state index in [1.165, 1.54) is 20.9 Å². The van der Waals surface area contributed by atoms with Crippen LogP contribution in [0.15, 0.2) is 48.6 Å². The molecule has 0 saturated heterocycles. The lowest BCUT2D eigenvalue weighted by Gasteiger charge is -2.37. The highest BCUT2D eigenvalue weighted by Crippen LogP contribution is 2.39. The van der Waals surface area contributed by atoms with E-state index < -0.39 is 22.2 Å². The highest BCUT2D eigenvalue weighted by Gasteiger charge is 2.38. The Kier molecular flexibility index (Phi) is 13.3. The summed E-state index contributed by atoms with van der Waals surface area (Å²) in [5.41, 5.74) is 2.86. The van der Waals surface area contributed by atoms with Gasteiger partial charge in [0.25, 0.3) is 0 Å². The summed E-state index contributed by atoms with van der Waals surface area (Å²) in [7, 11) is -3.81. The molecule has 1 aromatic carbocycles. The molecular formula is C36H60O4SSi2. The predicted molar refractivity (Wildman–Crippen MR) is 192 cm³/mol. The van der Waals surface area contributed by atoms with Gasteiger partial charge in [-0.25, -0.2) is 0 Å². The van der Waals surface area contributed by atoms with Gasteiger partial charge in [0.15, 0.2) is 16.6 Å². The van der Waals surface area contributed by atoms with Crippen LogP contribution in [0, 0.1) is 0 Å². The van der Waals surface area contributed by atoms with Crippen molar-refractivity contribution in [3.8, 4) is 5.75 Å². The quantitative estimate of drug-likeness (QED) is 0.155. The first-order valence-corrected chi connectivity index (χ1v) is 22.6. The van der Waals surface area contributed by atoms with E-state index in [1.54, 1.807) is 11.3 Å². The van der Waals surface area contributed by atoms with E-state index in [1.807, 2.05) is 26.0 Å². The van der Waals surface area contributed by atoms with Crippen LogP contribution in [0.3, 0.4) is 0 Å². The zero-order valence-corrected chi connectivity index (χ0v) is 32.3. The van der Waals surface area contributed by atoms with Gasteiger partial charge in [-0.15, -0.1) is 11.3 Å². The standard InChI is InChI=1S/C36H60O4SSi2/c1-14-28(18-17-23-36(37,15-2)16-3)33-22-21-32(41-33)27-38-31-20-19-29(25-39-42(10,11)34(4,5)6)30(24-31)26-40-43(12,13)35(7,8)9/h17-24,37H,14-16,25-27H2,1-13H3. The van der Waals surface area contributed by atoms with Gasteiger partial charge in [0.1, 0.15) is 12.4 Å². The maximum atomic E-state index is 10.6. The van der Waals surface area contributed by atoms with E-state index in [9.17, 15) is 5.11 Å². The van der Waals surface area contributed by atoms with Crippen LogP contribution in [0.5, 0.6) is 5.75 Å². The Morgan fingerprint density at radius 2 is 1.35 bits per heavy atom. The van der Waals surface area contributed by atoms with Gasteiger partial charge in [-0.3, -0.25) is 0 Å². The molecule has 4 nitrogen and oxygen atoms in total. The average Bonchev–Trinajstić information content (AvgIpc) is 3.40. The lowest BCUT2D eigenvalue weighted by atomic mass is 9.97. The lowest BCUT2D eigenvalue weighted by molar-refractivity contribution is 0.0828. The number of hydrogen-bond donors (Lipinski definition) is 1. The molecule has 0 radical (unpaired) electrons. The first kappa shape index (κ1) is 37.7. The summed E-state index contributed by atoms with van der Waals surface area (Å²) in [6, 6.07) is 10.7. The van der Waals surface area contributed by atoms with Gasteiger partial charge in [-0.1, -0.05) is 86.6 Å². The predicted octanol–water partition coefficient (Wildman–Crippen LogP) is 11.3. The summed E-state index contributed by atoms with van der Waals surface area (Å²) < 4.78 is 19.6. The van der Waals surface area contributed by atoms with Crippen LogP contribution >= 0.6 is 11.3 Å². The fraction of sp³-hybridized carbons (Fsp3) is 0.611. The molecule has 2 rings (SSSR count). The Balaban J connectivity index is 2.23. The van der Waals surface area contributed by atoms with E-state index in [0.29, 0.717) is 32.7 Å². The van der Waals surface area contributed by atoms with E-state index in [-0.39, 0.29) is 10.1 Å². The Labute approximate surface area is 269 Å². The van der Waals surface area contributed by atoms with Crippen molar-refractivity contribution < 1.29 is 18.7 Å². The van der Waals surface area contributed by atoms with E-state index in [2.05, 4.69) is 111 Å². The molecule has 0 unspecified atom stereocenters. The third kappa shape index (κ3) is 10.8. The van der Waals surface area contributed by atoms with Gasteiger partial charge in [0.2, 0.25) is 0 Å². The number of benzene rings is 1. The Hall–Kier alpha value is -1.49. The van der Waals surface area contributed by atoms with Crippen LogP contribution < -0.4 is 4.74 Å². The molecule has 7 heteroatoms. The minimum absolute atomic E-state index is 0.143. The van der Waals surface area contributed by atoms with Gasteiger partial charge < -0.3 is 18.7 Å². The molecule has 0 aliphatic carbocycles. The molecule has 43 heavy (non-hydrogen) atoms. The summed E-state index contributed by atoms with van der Waals surface area (Å²) in [5.74, 6) is 0.854. The molecule has 1 aromatic heterocycles. The smallest absolute Gasteiger partial charge is 0.192 e. The monoisotopic (exact) mass is 644 g/mol. The zero-order valence-electron chi connectivity index (χ0n) is 29.4. The van der Waals surface area contributed by atoms with Crippen LogP contribution in [0.25, 0.3) is 5.57 Å². The maximum absolute atomic E-state index is 10.6. The van der Waals surface area contributed by atoms with Crippen LogP contribution in [0.1, 0.15) is 102 Å². The minimum Gasteiger partial charge on any atom is -0.488 e. The molecule has 0 fully saturated rings. The van der Waals surface area contributed by atoms with Gasteiger partial charge >= 0.3 is 0 Å². The van der Waals surface area contributed by atoms with Crippen molar-refractivity contribution in [2.24, 2.45) is 0 Å². The van der Waals surface area contributed by atoms with Gasteiger partial charge in [-0.05, 0) is 96.5 Å². The SMILES string of the molecule is CCC(=CC=CC(O)(CC)CC)c1ccc(COc2ccc(CO[Si](C)(C)C(C)(C)C)c(CO[Si](C)(C)C(C)(C)C)c2)s1. The molecule has 0 aliphatic heterocycles. The molecule has 0 spiro atoms. The Morgan fingerprint density at radius 3 is 1.86 bits per heavy atom. The second kappa shape index (κ2) is 15.2. The molecule has 2 aromatic rings. The third-order valence-corrected chi connectivity index (χ3v) is 19.7. The first-order valence-electron chi connectivity index (χ1n) is 16.0. The molecule has 0 aliphatic rings. The van der Waals surface area contributed by atoms with Crippen LogP contribution in [0.4, 0.5) is 0 Å². The summed E-state index contributed by atoms with van der Waals surface area (Å²) in [6.07, 6.45) is 8.41. The fourth-order valence-corrected chi connectivity index (χ4v) is 6.82. The second-order valence-electron chi connectivity index (χ2n) is 14.8. The van der Waals surface area contributed by atoms with Crippen molar-refractivity contribution in [1.29, 1.82) is 0 Å². The van der Waals surface area contributed by atoms with Crippen LogP contribution in [0.2, 0.25) is 36.3 Å². The molecule has 0 bridgehead atoms. The molecule has 1 N–H and O–H groups in total. The lowest BCUT2D eigenvalue weighted by Crippen LogP contribution is -2.41. The number of hydrogen-bond acceptors (Lipinski definition) is 5. The average molecular weight is 645 g/mol. The molecule has 0 saturated carbocycles. The Bertz CT molecular complexity index is 1220. The number of rotatable bonds is 15. The van der Waals surface area contributed by atoms with Gasteiger partial charge in [0.05, 0.1) is 18.8 Å². The number of allylic oxidation sites excluding steroid dienone is 3. The molecule has 1 heterocycles. The highest BCUT2D eigenvalue weighted by atomic mass is 32.1. The van der Waals surface area contributed by atoms with Crippen molar-refractivity contribution in [1.82, 2.24) is 0 Å². The largest absolute Gasteiger partial charge is 0.488 e. The van der Waals surface area contributed by atoms with Crippen LogP contribution in [-0.2, 0) is 28.7 Å². The molecule has 0 atom stereocenters. The van der Waals surface area contributed by atoms with E-state index >= 15 is 0 Å². The topological polar surface area (TPSA) is 47.9 Å². The molecule has 0 amide bonds. The second-order valence-corrected chi connectivity index (χ2v) is 25.6. The first-order chi connectivity index (χ1) is 19.8. The van der Waals surface area contributed by atoms with Crippen molar-refractivity contribution in [3.05, 3.63) is 69.4 Å². The van der Waals surface area contributed by atoms with Crippen molar-refractivity contribution in [3.63, 3.8) is 0 Å². The minimum atomic E-state index is -1.92. The van der Waals surface area contributed by atoms with Gasteiger partial charge in [0, 0.05) is 9.75 Å².